The predicted molar refractivity (Wildman–Crippen MR) is 91.5 cm³/mol. The summed E-state index contributed by atoms with van der Waals surface area (Å²) >= 11 is 5.85. The summed E-state index contributed by atoms with van der Waals surface area (Å²) in [5.74, 6) is -0.668. The monoisotopic (exact) mass is 331 g/mol. The van der Waals surface area contributed by atoms with Crippen molar-refractivity contribution in [3.05, 3.63) is 64.7 Å². The maximum Gasteiger partial charge on any atom is 0.248 e. The summed E-state index contributed by atoms with van der Waals surface area (Å²) in [5.41, 5.74) is 7.23. The van der Waals surface area contributed by atoms with Crippen LogP contribution in [0.5, 0.6) is 0 Å². The fraction of sp³-hybridized carbons (Fsp3) is 0.176. The van der Waals surface area contributed by atoms with Gasteiger partial charge in [0, 0.05) is 22.3 Å². The number of hydrogen-bond acceptors (Lipinski definition) is 3. The number of amides is 2. The Morgan fingerprint density at radius 2 is 1.70 bits per heavy atom. The average molecular weight is 332 g/mol. The smallest absolute Gasteiger partial charge is 0.248 e. The molecule has 0 aliphatic rings. The van der Waals surface area contributed by atoms with Crippen molar-refractivity contribution in [3.63, 3.8) is 0 Å². The van der Waals surface area contributed by atoms with Gasteiger partial charge in [-0.05, 0) is 48.9 Å². The number of nitrogens with two attached hydrogens (primary N) is 1. The Balaban J connectivity index is 1.84. The molecule has 4 N–H and O–H groups in total. The van der Waals surface area contributed by atoms with Crippen molar-refractivity contribution in [2.75, 3.05) is 11.9 Å². The molecule has 120 valence electrons. The van der Waals surface area contributed by atoms with E-state index in [0.29, 0.717) is 16.3 Å². The normalized spacial score (nSPS) is 11.7. The standard InChI is InChI=1S/C17H18ClN3O2/c1-11(12-2-6-14(18)7-3-12)20-10-16(22)21-15-8-4-13(5-9-15)17(19)23/h2-9,11,20H,10H2,1H3,(H2,19,23)(H,21,22)/t11-/m1/s1. The van der Waals surface area contributed by atoms with E-state index in [4.69, 9.17) is 17.3 Å². The van der Waals surface area contributed by atoms with Gasteiger partial charge in [0.2, 0.25) is 11.8 Å². The van der Waals surface area contributed by atoms with Crippen LogP contribution in [0.3, 0.4) is 0 Å². The molecule has 0 unspecified atom stereocenters. The summed E-state index contributed by atoms with van der Waals surface area (Å²) < 4.78 is 0. The lowest BCUT2D eigenvalue weighted by Gasteiger charge is -2.14. The Labute approximate surface area is 139 Å². The average Bonchev–Trinajstić information content (AvgIpc) is 2.54. The SMILES string of the molecule is C[C@@H](NCC(=O)Nc1ccc(C(N)=O)cc1)c1ccc(Cl)cc1. The van der Waals surface area contributed by atoms with E-state index in [1.165, 1.54) is 0 Å². The topological polar surface area (TPSA) is 84.2 Å². The molecule has 0 heterocycles. The van der Waals surface area contributed by atoms with Crippen molar-refractivity contribution >= 4 is 29.1 Å². The molecule has 2 amide bonds. The number of carbonyl (C=O) groups is 2. The molecule has 2 rings (SSSR count). The molecule has 5 nitrogen and oxygen atoms in total. The molecule has 2 aromatic rings. The van der Waals surface area contributed by atoms with Crippen LogP contribution < -0.4 is 16.4 Å². The van der Waals surface area contributed by atoms with E-state index in [-0.39, 0.29) is 18.5 Å². The van der Waals surface area contributed by atoms with Gasteiger partial charge in [-0.15, -0.1) is 0 Å². The number of rotatable bonds is 6. The quantitative estimate of drug-likeness (QED) is 0.761. The first-order valence-electron chi connectivity index (χ1n) is 7.14. The number of carbonyl (C=O) groups excluding carboxylic acids is 2. The molecule has 0 spiro atoms. The number of hydrogen-bond donors (Lipinski definition) is 3. The second-order valence-electron chi connectivity index (χ2n) is 5.14. The van der Waals surface area contributed by atoms with Gasteiger partial charge < -0.3 is 16.4 Å². The Morgan fingerprint density at radius 3 is 2.26 bits per heavy atom. The van der Waals surface area contributed by atoms with Gasteiger partial charge in [-0.3, -0.25) is 9.59 Å². The molecule has 0 aliphatic heterocycles. The van der Waals surface area contributed by atoms with Crippen molar-refractivity contribution in [1.82, 2.24) is 5.32 Å². The second-order valence-corrected chi connectivity index (χ2v) is 5.58. The summed E-state index contributed by atoms with van der Waals surface area (Å²) in [7, 11) is 0. The van der Waals surface area contributed by atoms with Crippen LogP contribution in [0.4, 0.5) is 5.69 Å². The molecule has 0 aromatic heterocycles. The van der Waals surface area contributed by atoms with Gasteiger partial charge in [0.25, 0.3) is 0 Å². The summed E-state index contributed by atoms with van der Waals surface area (Å²) in [6, 6.07) is 13.9. The molecule has 0 bridgehead atoms. The lowest BCUT2D eigenvalue weighted by molar-refractivity contribution is -0.115. The van der Waals surface area contributed by atoms with Gasteiger partial charge in [-0.2, -0.15) is 0 Å². The summed E-state index contributed by atoms with van der Waals surface area (Å²) in [6.45, 7) is 2.14. The first-order chi connectivity index (χ1) is 11.0. The van der Waals surface area contributed by atoms with Gasteiger partial charge in [0.1, 0.15) is 0 Å². The lowest BCUT2D eigenvalue weighted by atomic mass is 10.1. The van der Waals surface area contributed by atoms with Crippen molar-refractivity contribution in [2.24, 2.45) is 5.73 Å². The molecule has 6 heteroatoms. The molecular weight excluding hydrogens is 314 g/mol. The highest BCUT2D eigenvalue weighted by atomic mass is 35.5. The van der Waals surface area contributed by atoms with E-state index in [1.807, 2.05) is 31.2 Å². The highest BCUT2D eigenvalue weighted by Crippen LogP contribution is 2.16. The number of anilines is 1. The van der Waals surface area contributed by atoms with Crippen molar-refractivity contribution < 1.29 is 9.59 Å². The maximum absolute atomic E-state index is 11.9. The minimum atomic E-state index is -0.499. The van der Waals surface area contributed by atoms with Crippen LogP contribution in [0, 0.1) is 0 Å². The Bertz CT molecular complexity index is 684. The molecule has 0 aliphatic carbocycles. The first-order valence-corrected chi connectivity index (χ1v) is 7.52. The molecule has 0 fully saturated rings. The minimum Gasteiger partial charge on any atom is -0.366 e. The Kier molecular flexibility index (Phi) is 5.73. The highest BCUT2D eigenvalue weighted by molar-refractivity contribution is 6.30. The van der Waals surface area contributed by atoms with Crippen LogP contribution in [0.25, 0.3) is 0 Å². The molecule has 0 saturated heterocycles. The van der Waals surface area contributed by atoms with E-state index in [2.05, 4.69) is 10.6 Å². The van der Waals surface area contributed by atoms with Crippen LogP contribution in [0.15, 0.2) is 48.5 Å². The largest absolute Gasteiger partial charge is 0.366 e. The fourth-order valence-electron chi connectivity index (χ4n) is 2.04. The van der Waals surface area contributed by atoms with E-state index in [9.17, 15) is 9.59 Å². The predicted octanol–water partition coefficient (Wildman–Crippen LogP) is 2.73. The zero-order valence-corrected chi connectivity index (χ0v) is 13.4. The minimum absolute atomic E-state index is 0.0234. The maximum atomic E-state index is 11.9. The first kappa shape index (κ1) is 17.0. The molecule has 23 heavy (non-hydrogen) atoms. The summed E-state index contributed by atoms with van der Waals surface area (Å²) in [6.07, 6.45) is 0. The van der Waals surface area contributed by atoms with Crippen molar-refractivity contribution in [1.29, 1.82) is 0 Å². The summed E-state index contributed by atoms with van der Waals surface area (Å²) in [4.78, 5) is 22.9. The number of nitrogens with one attached hydrogen (secondary N) is 2. The fourth-order valence-corrected chi connectivity index (χ4v) is 2.16. The third-order valence-corrected chi connectivity index (χ3v) is 3.64. The van der Waals surface area contributed by atoms with Gasteiger partial charge in [-0.1, -0.05) is 23.7 Å². The van der Waals surface area contributed by atoms with Crippen molar-refractivity contribution in [3.8, 4) is 0 Å². The van der Waals surface area contributed by atoms with Gasteiger partial charge in [0.05, 0.1) is 6.54 Å². The highest BCUT2D eigenvalue weighted by Gasteiger charge is 2.08. The zero-order chi connectivity index (χ0) is 16.8. The van der Waals surface area contributed by atoms with Crippen LogP contribution in [0.2, 0.25) is 5.02 Å². The van der Waals surface area contributed by atoms with Crippen LogP contribution >= 0.6 is 11.6 Å². The van der Waals surface area contributed by atoms with Gasteiger partial charge >= 0.3 is 0 Å². The third kappa shape index (κ3) is 5.09. The van der Waals surface area contributed by atoms with Crippen molar-refractivity contribution in [2.45, 2.75) is 13.0 Å². The van der Waals surface area contributed by atoms with Crippen LogP contribution in [-0.2, 0) is 4.79 Å². The third-order valence-electron chi connectivity index (χ3n) is 3.39. The van der Waals surface area contributed by atoms with Gasteiger partial charge in [0.15, 0.2) is 0 Å². The summed E-state index contributed by atoms with van der Waals surface area (Å²) in [5, 5.41) is 6.57. The van der Waals surface area contributed by atoms with Crippen LogP contribution in [0.1, 0.15) is 28.9 Å². The lowest BCUT2D eigenvalue weighted by Crippen LogP contribution is -2.30. The second kappa shape index (κ2) is 7.76. The zero-order valence-electron chi connectivity index (χ0n) is 12.7. The van der Waals surface area contributed by atoms with E-state index in [1.54, 1.807) is 24.3 Å². The van der Waals surface area contributed by atoms with Crippen LogP contribution in [-0.4, -0.2) is 18.4 Å². The molecule has 0 radical (unpaired) electrons. The Morgan fingerprint density at radius 1 is 1.09 bits per heavy atom. The molecule has 2 aromatic carbocycles. The van der Waals surface area contributed by atoms with E-state index >= 15 is 0 Å². The van der Waals surface area contributed by atoms with E-state index < -0.39 is 5.91 Å². The number of primary amides is 1. The molecule has 0 saturated carbocycles. The number of benzene rings is 2. The Hall–Kier alpha value is -2.37. The molecular formula is C17H18ClN3O2. The number of halogens is 1. The van der Waals surface area contributed by atoms with Gasteiger partial charge in [-0.25, -0.2) is 0 Å². The molecule has 1 atom stereocenters. The van der Waals surface area contributed by atoms with E-state index in [0.717, 1.165) is 5.56 Å².